The van der Waals surface area contributed by atoms with Crippen molar-refractivity contribution >= 4 is 11.6 Å². The molecule has 0 atom stereocenters. The first-order valence-electron chi connectivity index (χ1n) is 3.61. The fraction of sp³-hybridized carbons (Fsp3) is 0.333. The maximum Gasteiger partial charge on any atom is 0.115 e. The van der Waals surface area contributed by atoms with E-state index in [1.807, 2.05) is 13.0 Å². The Labute approximate surface area is 71.0 Å². The van der Waals surface area contributed by atoms with Crippen molar-refractivity contribution in [3.05, 3.63) is 34.3 Å². The first-order valence-corrected chi connectivity index (χ1v) is 3.99. The maximum absolute atomic E-state index is 12.1. The minimum atomic E-state index is -0.413. The van der Waals surface area contributed by atoms with Gasteiger partial charge in [-0.05, 0) is 23.6 Å². The molecule has 0 aromatic heterocycles. The lowest BCUT2D eigenvalue weighted by molar-refractivity contribution is 0.485. The summed E-state index contributed by atoms with van der Waals surface area (Å²) in [7, 11) is 0. The number of alkyl halides is 1. The first kappa shape index (κ1) is 8.54. The molecule has 0 bridgehead atoms. The Hall–Kier alpha value is -0.560. The summed E-state index contributed by atoms with van der Waals surface area (Å²) in [5, 5.41) is 0.727. The smallest absolute Gasteiger partial charge is 0.115 e. The third-order valence-corrected chi connectivity index (χ3v) is 2.01. The average molecular weight is 173 g/mol. The fourth-order valence-corrected chi connectivity index (χ4v) is 1.23. The third-order valence-electron chi connectivity index (χ3n) is 1.65. The van der Waals surface area contributed by atoms with Crippen molar-refractivity contribution in [1.82, 2.24) is 0 Å². The molecule has 2 heteroatoms. The molecular weight excluding hydrogens is 163 g/mol. The van der Waals surface area contributed by atoms with Gasteiger partial charge in [-0.1, -0.05) is 30.7 Å². The molecule has 11 heavy (non-hydrogen) atoms. The van der Waals surface area contributed by atoms with E-state index in [0.717, 1.165) is 17.0 Å². The molecule has 0 nitrogen and oxygen atoms in total. The van der Waals surface area contributed by atoms with Crippen LogP contribution in [0.2, 0.25) is 5.02 Å². The predicted molar refractivity (Wildman–Crippen MR) is 45.6 cm³/mol. The van der Waals surface area contributed by atoms with E-state index in [0.29, 0.717) is 5.56 Å². The van der Waals surface area contributed by atoms with E-state index in [-0.39, 0.29) is 0 Å². The summed E-state index contributed by atoms with van der Waals surface area (Å²) in [6, 6.07) is 5.26. The molecule has 60 valence electrons. The van der Waals surface area contributed by atoms with Gasteiger partial charge in [-0.3, -0.25) is 0 Å². The van der Waals surface area contributed by atoms with Crippen LogP contribution in [0.25, 0.3) is 0 Å². The normalized spacial score (nSPS) is 10.1. The van der Waals surface area contributed by atoms with Gasteiger partial charge in [-0.15, -0.1) is 0 Å². The fourth-order valence-electron chi connectivity index (χ4n) is 0.982. The van der Waals surface area contributed by atoms with Crippen molar-refractivity contribution in [2.24, 2.45) is 0 Å². The number of hydrogen-bond acceptors (Lipinski definition) is 0. The second kappa shape index (κ2) is 3.72. The van der Waals surface area contributed by atoms with Crippen LogP contribution in [0.3, 0.4) is 0 Å². The number of aryl methyl sites for hydroxylation is 1. The molecule has 0 aliphatic rings. The van der Waals surface area contributed by atoms with Crippen LogP contribution < -0.4 is 0 Å². The third kappa shape index (κ3) is 1.93. The largest absolute Gasteiger partial charge is 0.246 e. The van der Waals surface area contributed by atoms with Crippen LogP contribution in [-0.2, 0) is 13.1 Å². The Kier molecular flexibility index (Phi) is 2.89. The van der Waals surface area contributed by atoms with E-state index in [9.17, 15) is 4.39 Å². The lowest BCUT2D eigenvalue weighted by Gasteiger charge is -2.01. The molecule has 0 unspecified atom stereocenters. The van der Waals surface area contributed by atoms with E-state index < -0.39 is 6.67 Å². The Bertz CT molecular complexity index is 245. The highest BCUT2D eigenvalue weighted by molar-refractivity contribution is 6.31. The van der Waals surface area contributed by atoms with E-state index in [4.69, 9.17) is 11.6 Å². The summed E-state index contributed by atoms with van der Waals surface area (Å²) in [6.07, 6.45) is 0.854. The SMILES string of the molecule is CCc1cc(CF)ccc1Cl. The van der Waals surface area contributed by atoms with Crippen molar-refractivity contribution < 1.29 is 4.39 Å². The van der Waals surface area contributed by atoms with Gasteiger partial charge in [-0.25, -0.2) is 4.39 Å². The highest BCUT2D eigenvalue weighted by Gasteiger charge is 1.98. The zero-order valence-corrected chi connectivity index (χ0v) is 7.16. The Balaban J connectivity index is 3.02. The molecule has 1 aromatic rings. The van der Waals surface area contributed by atoms with Crippen LogP contribution in [0.4, 0.5) is 4.39 Å². The van der Waals surface area contributed by atoms with E-state index in [1.54, 1.807) is 12.1 Å². The van der Waals surface area contributed by atoms with Crippen LogP contribution >= 0.6 is 11.6 Å². The highest BCUT2D eigenvalue weighted by atomic mass is 35.5. The summed E-state index contributed by atoms with van der Waals surface area (Å²) in [5.41, 5.74) is 1.72. The Morgan fingerprint density at radius 2 is 2.18 bits per heavy atom. The second-order valence-electron chi connectivity index (χ2n) is 2.41. The zero-order valence-electron chi connectivity index (χ0n) is 6.40. The minimum absolute atomic E-state index is 0.413. The number of benzene rings is 1. The van der Waals surface area contributed by atoms with Gasteiger partial charge < -0.3 is 0 Å². The van der Waals surface area contributed by atoms with Gasteiger partial charge in [0.25, 0.3) is 0 Å². The van der Waals surface area contributed by atoms with E-state index in [1.165, 1.54) is 0 Å². The van der Waals surface area contributed by atoms with Gasteiger partial charge in [0.2, 0.25) is 0 Å². The van der Waals surface area contributed by atoms with Crippen molar-refractivity contribution in [2.75, 3.05) is 0 Å². The van der Waals surface area contributed by atoms with Gasteiger partial charge in [0.05, 0.1) is 0 Å². The molecule has 0 radical (unpaired) electrons. The topological polar surface area (TPSA) is 0 Å². The molecule has 1 rings (SSSR count). The Morgan fingerprint density at radius 3 is 2.73 bits per heavy atom. The van der Waals surface area contributed by atoms with Gasteiger partial charge in [-0.2, -0.15) is 0 Å². The summed E-state index contributed by atoms with van der Waals surface area (Å²) >= 11 is 5.83. The molecule has 0 saturated heterocycles. The van der Waals surface area contributed by atoms with Crippen LogP contribution in [-0.4, -0.2) is 0 Å². The molecule has 1 aromatic carbocycles. The van der Waals surface area contributed by atoms with Gasteiger partial charge in [0.15, 0.2) is 0 Å². The molecule has 0 aliphatic heterocycles. The van der Waals surface area contributed by atoms with Crippen LogP contribution in [0.5, 0.6) is 0 Å². The van der Waals surface area contributed by atoms with Crippen molar-refractivity contribution in [2.45, 2.75) is 20.0 Å². The summed E-state index contributed by atoms with van der Waals surface area (Å²) in [5.74, 6) is 0. The number of rotatable bonds is 2. The quantitative estimate of drug-likeness (QED) is 0.642. The Morgan fingerprint density at radius 1 is 1.45 bits per heavy atom. The maximum atomic E-state index is 12.1. The minimum Gasteiger partial charge on any atom is -0.246 e. The standard InChI is InChI=1S/C9H10ClF/c1-2-8-5-7(6-11)3-4-9(8)10/h3-5H,2,6H2,1H3. The lowest BCUT2D eigenvalue weighted by atomic mass is 10.1. The second-order valence-corrected chi connectivity index (χ2v) is 2.82. The van der Waals surface area contributed by atoms with Crippen LogP contribution in [0.1, 0.15) is 18.1 Å². The summed E-state index contributed by atoms with van der Waals surface area (Å²) in [6.45, 7) is 1.59. The van der Waals surface area contributed by atoms with Gasteiger partial charge in [0.1, 0.15) is 6.67 Å². The van der Waals surface area contributed by atoms with Crippen molar-refractivity contribution in [3.8, 4) is 0 Å². The summed E-state index contributed by atoms with van der Waals surface area (Å²) < 4.78 is 12.1. The molecule has 0 saturated carbocycles. The van der Waals surface area contributed by atoms with E-state index in [2.05, 4.69) is 0 Å². The van der Waals surface area contributed by atoms with Gasteiger partial charge >= 0.3 is 0 Å². The molecular formula is C9H10ClF. The monoisotopic (exact) mass is 172 g/mol. The van der Waals surface area contributed by atoms with Crippen LogP contribution in [0, 0.1) is 0 Å². The molecule has 0 amide bonds. The average Bonchev–Trinajstić information content (AvgIpc) is 2.05. The summed E-state index contributed by atoms with van der Waals surface area (Å²) in [4.78, 5) is 0. The van der Waals surface area contributed by atoms with Crippen molar-refractivity contribution in [1.29, 1.82) is 0 Å². The molecule has 0 fully saturated rings. The lowest BCUT2D eigenvalue weighted by Crippen LogP contribution is -1.85. The number of hydrogen-bond donors (Lipinski definition) is 0. The predicted octanol–water partition coefficient (Wildman–Crippen LogP) is 3.37. The molecule has 0 spiro atoms. The molecule has 0 heterocycles. The molecule has 0 aliphatic carbocycles. The number of halogens is 2. The zero-order chi connectivity index (χ0) is 8.27. The van der Waals surface area contributed by atoms with Crippen molar-refractivity contribution in [3.63, 3.8) is 0 Å². The van der Waals surface area contributed by atoms with E-state index >= 15 is 0 Å². The van der Waals surface area contributed by atoms with Crippen LogP contribution in [0.15, 0.2) is 18.2 Å². The first-order chi connectivity index (χ1) is 5.27. The molecule has 0 N–H and O–H groups in total. The van der Waals surface area contributed by atoms with Gasteiger partial charge in [0, 0.05) is 5.02 Å². The highest BCUT2D eigenvalue weighted by Crippen LogP contribution is 2.18.